The molecule has 2 aromatic carbocycles. The number of allylic oxidation sites excluding steroid dienone is 1. The standard InChI is InChI=1S/C22H27NOSi/c1-5-6-13-19(18-23)24-25(22(2,3)4,20-14-9-7-10-15-20)21-16-11-8-12-17-21/h5,7-12,14-17,19H,1,6,13H2,2-4H3/t19-/m0/s1. The highest BCUT2D eigenvalue weighted by Gasteiger charge is 2.51. The molecule has 0 saturated heterocycles. The van der Waals surface area contributed by atoms with Crippen LogP contribution in [0.1, 0.15) is 33.6 Å². The quantitative estimate of drug-likeness (QED) is 0.547. The summed E-state index contributed by atoms with van der Waals surface area (Å²) in [6, 6.07) is 23.2. The van der Waals surface area contributed by atoms with E-state index in [1.165, 1.54) is 10.4 Å². The summed E-state index contributed by atoms with van der Waals surface area (Å²) in [5.41, 5.74) is 0. The van der Waals surface area contributed by atoms with Gasteiger partial charge in [0.05, 0.1) is 6.07 Å². The minimum absolute atomic E-state index is 0.112. The first-order valence-electron chi connectivity index (χ1n) is 8.75. The van der Waals surface area contributed by atoms with Crippen molar-refractivity contribution in [3.63, 3.8) is 0 Å². The minimum Gasteiger partial charge on any atom is -0.392 e. The van der Waals surface area contributed by atoms with Crippen LogP contribution in [0.5, 0.6) is 0 Å². The number of nitrogens with zero attached hydrogens (tertiary/aromatic N) is 1. The molecule has 1 atom stereocenters. The van der Waals surface area contributed by atoms with Crippen molar-refractivity contribution >= 4 is 18.7 Å². The monoisotopic (exact) mass is 349 g/mol. The average molecular weight is 350 g/mol. The summed E-state index contributed by atoms with van der Waals surface area (Å²) in [4.78, 5) is 0. The fraction of sp³-hybridized carbons (Fsp3) is 0.318. The molecule has 0 amide bonds. The summed E-state index contributed by atoms with van der Waals surface area (Å²) in [6.45, 7) is 10.4. The molecule has 0 spiro atoms. The molecule has 0 aromatic heterocycles. The summed E-state index contributed by atoms with van der Waals surface area (Å²) in [7, 11) is -2.64. The maximum absolute atomic E-state index is 9.69. The zero-order valence-electron chi connectivity index (χ0n) is 15.4. The molecule has 0 aliphatic carbocycles. The molecular weight excluding hydrogens is 322 g/mol. The Morgan fingerprint density at radius 3 is 1.88 bits per heavy atom. The van der Waals surface area contributed by atoms with E-state index in [0.717, 1.165) is 6.42 Å². The van der Waals surface area contributed by atoms with Gasteiger partial charge in [-0.3, -0.25) is 0 Å². The third-order valence-electron chi connectivity index (χ3n) is 4.51. The van der Waals surface area contributed by atoms with E-state index >= 15 is 0 Å². The minimum atomic E-state index is -2.64. The Bertz CT molecular complexity index is 674. The first-order chi connectivity index (χ1) is 12.0. The Kier molecular flexibility index (Phi) is 6.36. The SMILES string of the molecule is C=CCC[C@@H](C#N)O[Si](c1ccccc1)(c1ccccc1)C(C)(C)C. The molecule has 0 bridgehead atoms. The fourth-order valence-electron chi connectivity index (χ4n) is 3.32. The van der Waals surface area contributed by atoms with Crippen molar-refractivity contribution in [2.75, 3.05) is 0 Å². The predicted octanol–water partition coefficient (Wildman–Crippen LogP) is 4.42. The lowest BCUT2D eigenvalue weighted by molar-refractivity contribution is 0.230. The number of rotatable bonds is 7. The van der Waals surface area contributed by atoms with E-state index in [2.05, 4.69) is 82.0 Å². The largest absolute Gasteiger partial charge is 0.392 e. The second-order valence-electron chi connectivity index (χ2n) is 7.26. The van der Waals surface area contributed by atoms with Crippen LogP contribution in [0.2, 0.25) is 5.04 Å². The van der Waals surface area contributed by atoms with Crippen LogP contribution >= 0.6 is 0 Å². The average Bonchev–Trinajstić information content (AvgIpc) is 2.62. The molecule has 0 unspecified atom stereocenters. The molecule has 0 radical (unpaired) electrons. The third kappa shape index (κ3) is 4.09. The predicted molar refractivity (Wildman–Crippen MR) is 108 cm³/mol. The number of benzene rings is 2. The summed E-state index contributed by atoms with van der Waals surface area (Å²) >= 11 is 0. The van der Waals surface area contributed by atoms with Crippen LogP contribution in [-0.4, -0.2) is 14.4 Å². The lowest BCUT2D eigenvalue weighted by Crippen LogP contribution is -2.67. The van der Waals surface area contributed by atoms with Gasteiger partial charge in [-0.15, -0.1) is 6.58 Å². The van der Waals surface area contributed by atoms with Gasteiger partial charge in [0.2, 0.25) is 0 Å². The van der Waals surface area contributed by atoms with Crippen LogP contribution in [0.4, 0.5) is 0 Å². The van der Waals surface area contributed by atoms with Gasteiger partial charge in [0.15, 0.2) is 0 Å². The van der Waals surface area contributed by atoms with Gasteiger partial charge in [-0.2, -0.15) is 5.26 Å². The molecule has 0 saturated carbocycles. The molecule has 25 heavy (non-hydrogen) atoms. The highest BCUT2D eigenvalue weighted by Crippen LogP contribution is 2.37. The van der Waals surface area contributed by atoms with E-state index < -0.39 is 14.4 Å². The lowest BCUT2D eigenvalue weighted by Gasteiger charge is -2.44. The van der Waals surface area contributed by atoms with Crippen LogP contribution in [-0.2, 0) is 4.43 Å². The highest BCUT2D eigenvalue weighted by molar-refractivity contribution is 6.99. The Balaban J connectivity index is 2.64. The van der Waals surface area contributed by atoms with E-state index in [-0.39, 0.29) is 5.04 Å². The molecule has 2 rings (SSSR count). The summed E-state index contributed by atoms with van der Waals surface area (Å²) in [5.74, 6) is 0. The maximum atomic E-state index is 9.69. The molecule has 2 aromatic rings. The zero-order chi connectivity index (χ0) is 18.3. The Hall–Kier alpha value is -2.15. The van der Waals surface area contributed by atoms with E-state index in [1.54, 1.807) is 0 Å². The molecule has 0 N–H and O–H groups in total. The van der Waals surface area contributed by atoms with E-state index in [4.69, 9.17) is 4.43 Å². The first kappa shape index (κ1) is 19.2. The van der Waals surface area contributed by atoms with E-state index in [1.807, 2.05) is 18.2 Å². The molecule has 0 aliphatic rings. The fourth-order valence-corrected chi connectivity index (χ4v) is 7.94. The van der Waals surface area contributed by atoms with Crippen LogP contribution in [0.25, 0.3) is 0 Å². The van der Waals surface area contributed by atoms with Crippen molar-refractivity contribution in [3.05, 3.63) is 73.3 Å². The van der Waals surface area contributed by atoms with Crippen molar-refractivity contribution < 1.29 is 4.43 Å². The topological polar surface area (TPSA) is 33.0 Å². The van der Waals surface area contributed by atoms with Crippen LogP contribution in [0.3, 0.4) is 0 Å². The molecule has 3 heteroatoms. The molecule has 130 valence electrons. The van der Waals surface area contributed by atoms with E-state index in [9.17, 15) is 5.26 Å². The van der Waals surface area contributed by atoms with Gasteiger partial charge < -0.3 is 4.43 Å². The zero-order valence-corrected chi connectivity index (χ0v) is 16.4. The van der Waals surface area contributed by atoms with Gasteiger partial charge in [-0.25, -0.2) is 0 Å². The molecule has 0 heterocycles. The van der Waals surface area contributed by atoms with Gasteiger partial charge in [-0.05, 0) is 28.3 Å². The van der Waals surface area contributed by atoms with Crippen LogP contribution in [0, 0.1) is 11.3 Å². The molecule has 0 fully saturated rings. The third-order valence-corrected chi connectivity index (χ3v) is 9.56. The van der Waals surface area contributed by atoms with Gasteiger partial charge in [-0.1, -0.05) is 87.5 Å². The van der Waals surface area contributed by atoms with Crippen molar-refractivity contribution in [3.8, 4) is 6.07 Å². The van der Waals surface area contributed by atoms with Crippen molar-refractivity contribution in [1.29, 1.82) is 5.26 Å². The second-order valence-corrected chi connectivity index (χ2v) is 11.5. The summed E-state index contributed by atoms with van der Waals surface area (Å²) in [6.07, 6.45) is 2.85. The number of nitriles is 1. The Labute approximate surface area is 152 Å². The molecule has 0 aliphatic heterocycles. The normalized spacial score (nSPS) is 13.0. The van der Waals surface area contributed by atoms with Gasteiger partial charge in [0.25, 0.3) is 8.32 Å². The molecule has 2 nitrogen and oxygen atoms in total. The summed E-state index contributed by atoms with van der Waals surface area (Å²) < 4.78 is 6.76. The van der Waals surface area contributed by atoms with Crippen molar-refractivity contribution in [2.45, 2.75) is 44.8 Å². The van der Waals surface area contributed by atoms with Gasteiger partial charge >= 0.3 is 0 Å². The summed E-state index contributed by atoms with van der Waals surface area (Å²) in [5, 5.41) is 12.0. The van der Waals surface area contributed by atoms with Crippen molar-refractivity contribution in [2.24, 2.45) is 0 Å². The Morgan fingerprint density at radius 1 is 1.04 bits per heavy atom. The Morgan fingerprint density at radius 2 is 1.52 bits per heavy atom. The smallest absolute Gasteiger partial charge is 0.262 e. The van der Waals surface area contributed by atoms with Crippen molar-refractivity contribution in [1.82, 2.24) is 0 Å². The highest BCUT2D eigenvalue weighted by atomic mass is 28.4. The lowest BCUT2D eigenvalue weighted by atomic mass is 10.2. The van der Waals surface area contributed by atoms with Gasteiger partial charge in [0, 0.05) is 0 Å². The molecular formula is C22H27NOSi. The number of hydrogen-bond donors (Lipinski definition) is 0. The van der Waals surface area contributed by atoms with Crippen LogP contribution in [0.15, 0.2) is 73.3 Å². The van der Waals surface area contributed by atoms with E-state index in [0.29, 0.717) is 6.42 Å². The first-order valence-corrected chi connectivity index (χ1v) is 10.7. The number of hydrogen-bond acceptors (Lipinski definition) is 2. The van der Waals surface area contributed by atoms with Crippen LogP contribution < -0.4 is 10.4 Å². The second kappa shape index (κ2) is 8.29. The maximum Gasteiger partial charge on any atom is 0.262 e. The van der Waals surface area contributed by atoms with Gasteiger partial charge in [0.1, 0.15) is 6.10 Å².